The summed E-state index contributed by atoms with van der Waals surface area (Å²) in [6.45, 7) is 3.46. The van der Waals surface area contributed by atoms with Gasteiger partial charge >= 0.3 is 0 Å². The number of carbonyl (C=O) groups excluding carboxylic acids is 1. The summed E-state index contributed by atoms with van der Waals surface area (Å²) >= 11 is 7.00. The Labute approximate surface area is 171 Å². The molecule has 146 valence electrons. The maximum Gasteiger partial charge on any atom is 0.264 e. The van der Waals surface area contributed by atoms with Crippen LogP contribution in [0, 0.1) is 10.6 Å². The third-order valence-electron chi connectivity index (χ3n) is 4.87. The van der Waals surface area contributed by atoms with E-state index < -0.39 is 0 Å². The molecule has 2 aromatic heterocycles. The van der Waals surface area contributed by atoms with Crippen LogP contribution < -0.4 is 0 Å². The fraction of sp³-hybridized carbons (Fsp3) is 0.316. The first kappa shape index (κ1) is 19.0. The second-order valence-electron chi connectivity index (χ2n) is 6.70. The molecule has 1 saturated heterocycles. The van der Waals surface area contributed by atoms with Crippen molar-refractivity contribution in [3.8, 4) is 11.4 Å². The summed E-state index contributed by atoms with van der Waals surface area (Å²) in [6.07, 6.45) is 0. The van der Waals surface area contributed by atoms with Crippen LogP contribution in [0.5, 0.6) is 0 Å². The number of benzene rings is 1. The summed E-state index contributed by atoms with van der Waals surface area (Å²) in [6, 6.07) is 10.00. The minimum absolute atomic E-state index is 0.0997. The fourth-order valence-corrected chi connectivity index (χ4v) is 4.14. The van der Waals surface area contributed by atoms with Gasteiger partial charge in [0.1, 0.15) is 5.82 Å². The van der Waals surface area contributed by atoms with Crippen LogP contribution in [0.4, 0.5) is 4.39 Å². The third-order valence-corrected chi connectivity index (χ3v) is 6.21. The van der Waals surface area contributed by atoms with E-state index in [9.17, 15) is 9.18 Å². The highest BCUT2D eigenvalue weighted by Crippen LogP contribution is 2.19. The van der Waals surface area contributed by atoms with Crippen LogP contribution in [-0.2, 0) is 13.7 Å². The van der Waals surface area contributed by atoms with Gasteiger partial charge in [-0.1, -0.05) is 6.07 Å². The molecule has 1 aromatic carbocycles. The van der Waals surface area contributed by atoms with Gasteiger partial charge in [0.2, 0.25) is 0 Å². The van der Waals surface area contributed by atoms with Gasteiger partial charge in [-0.3, -0.25) is 9.69 Å². The molecule has 1 aliphatic rings. The highest BCUT2D eigenvalue weighted by atomic mass is 32.1. The molecular weight excluding hydrogens is 397 g/mol. The molecule has 0 N–H and O–H groups in total. The van der Waals surface area contributed by atoms with Gasteiger partial charge in [0.05, 0.1) is 11.5 Å². The quantitative estimate of drug-likeness (QED) is 0.612. The number of thiophene rings is 1. The van der Waals surface area contributed by atoms with Gasteiger partial charge in [-0.25, -0.2) is 9.07 Å². The number of aromatic nitrogens is 3. The lowest BCUT2D eigenvalue weighted by Gasteiger charge is -2.34. The van der Waals surface area contributed by atoms with E-state index in [2.05, 4.69) is 10.00 Å². The first-order valence-electron chi connectivity index (χ1n) is 8.98. The molecule has 28 heavy (non-hydrogen) atoms. The topological polar surface area (TPSA) is 46.3 Å². The highest BCUT2D eigenvalue weighted by molar-refractivity contribution is 7.71. The number of carbonyl (C=O) groups is 1. The van der Waals surface area contributed by atoms with Crippen LogP contribution in [0.25, 0.3) is 11.4 Å². The Morgan fingerprint density at radius 1 is 1.18 bits per heavy atom. The van der Waals surface area contributed by atoms with Crippen molar-refractivity contribution in [1.82, 2.24) is 24.1 Å². The normalized spacial score (nSPS) is 15.1. The zero-order chi connectivity index (χ0) is 19.7. The minimum atomic E-state index is -0.278. The molecule has 4 rings (SSSR count). The highest BCUT2D eigenvalue weighted by Gasteiger charge is 2.23. The predicted molar refractivity (Wildman–Crippen MR) is 109 cm³/mol. The zero-order valence-corrected chi connectivity index (χ0v) is 17.0. The van der Waals surface area contributed by atoms with Crippen LogP contribution in [0.1, 0.15) is 9.67 Å². The van der Waals surface area contributed by atoms with Gasteiger partial charge in [-0.05, 0) is 47.9 Å². The van der Waals surface area contributed by atoms with E-state index in [4.69, 9.17) is 12.2 Å². The number of hydrogen-bond acceptors (Lipinski definition) is 5. The van der Waals surface area contributed by atoms with Crippen LogP contribution in [0.15, 0.2) is 41.8 Å². The van der Waals surface area contributed by atoms with Gasteiger partial charge in [0.25, 0.3) is 5.91 Å². The van der Waals surface area contributed by atoms with Gasteiger partial charge < -0.3 is 9.47 Å². The molecule has 0 aliphatic carbocycles. The smallest absolute Gasteiger partial charge is 0.264 e. The Kier molecular flexibility index (Phi) is 5.38. The van der Waals surface area contributed by atoms with Gasteiger partial charge in [-0.2, -0.15) is 5.10 Å². The number of amides is 1. The number of hydrogen-bond donors (Lipinski definition) is 0. The lowest BCUT2D eigenvalue weighted by molar-refractivity contribution is 0.0590. The van der Waals surface area contributed by atoms with E-state index in [1.807, 2.05) is 34.0 Å². The average Bonchev–Trinajstić information content (AvgIpc) is 3.34. The summed E-state index contributed by atoms with van der Waals surface area (Å²) in [5, 5.41) is 6.55. The van der Waals surface area contributed by atoms with Crippen molar-refractivity contribution in [2.45, 2.75) is 6.67 Å². The van der Waals surface area contributed by atoms with E-state index in [1.165, 1.54) is 23.5 Å². The largest absolute Gasteiger partial charge is 0.335 e. The predicted octanol–water partition coefficient (Wildman–Crippen LogP) is 3.23. The number of halogens is 1. The van der Waals surface area contributed by atoms with Gasteiger partial charge in [0, 0.05) is 38.8 Å². The van der Waals surface area contributed by atoms with Crippen LogP contribution >= 0.6 is 23.6 Å². The van der Waals surface area contributed by atoms with Crippen molar-refractivity contribution in [2.75, 3.05) is 26.2 Å². The average molecular weight is 418 g/mol. The van der Waals surface area contributed by atoms with Crippen LogP contribution in [0.2, 0.25) is 0 Å². The van der Waals surface area contributed by atoms with Gasteiger partial charge in [-0.15, -0.1) is 11.3 Å². The molecule has 0 unspecified atom stereocenters. The first-order valence-corrected chi connectivity index (χ1v) is 10.3. The Morgan fingerprint density at radius 2 is 1.89 bits per heavy atom. The fourth-order valence-electron chi connectivity index (χ4n) is 3.27. The van der Waals surface area contributed by atoms with E-state index in [1.54, 1.807) is 16.8 Å². The molecular formula is C19H20FN5OS2. The molecule has 3 heterocycles. The molecule has 0 bridgehead atoms. The summed E-state index contributed by atoms with van der Waals surface area (Å²) in [4.78, 5) is 17.4. The Balaban J connectivity index is 1.43. The molecule has 0 saturated carbocycles. The van der Waals surface area contributed by atoms with Crippen LogP contribution in [-0.4, -0.2) is 56.2 Å². The Bertz CT molecular complexity index is 1020. The summed E-state index contributed by atoms with van der Waals surface area (Å²) in [5.41, 5.74) is 0.820. The maximum atomic E-state index is 13.2. The summed E-state index contributed by atoms with van der Waals surface area (Å²) < 4.78 is 17.4. The monoisotopic (exact) mass is 417 g/mol. The standard InChI is InChI=1S/C19H20FN5OS2/c1-22-17(14-4-6-15(20)7-5-14)21-25(19(22)27)13-23-8-10-24(11-9-23)18(26)16-3-2-12-28-16/h2-7,12H,8-11,13H2,1H3. The molecule has 1 fully saturated rings. The lowest BCUT2D eigenvalue weighted by Crippen LogP contribution is -2.48. The molecule has 0 radical (unpaired) electrons. The molecule has 0 atom stereocenters. The van der Waals surface area contributed by atoms with Crippen molar-refractivity contribution in [3.05, 3.63) is 57.2 Å². The zero-order valence-electron chi connectivity index (χ0n) is 15.4. The minimum Gasteiger partial charge on any atom is -0.335 e. The van der Waals surface area contributed by atoms with Gasteiger partial charge in [0.15, 0.2) is 10.6 Å². The Hall–Kier alpha value is -2.36. The molecule has 0 spiro atoms. The first-order chi connectivity index (χ1) is 13.5. The SMILES string of the molecule is Cn1c(-c2ccc(F)cc2)nn(CN2CCN(C(=O)c3cccs3)CC2)c1=S. The summed E-state index contributed by atoms with van der Waals surface area (Å²) in [7, 11) is 1.86. The summed E-state index contributed by atoms with van der Waals surface area (Å²) in [5.74, 6) is 0.526. The number of rotatable bonds is 4. The van der Waals surface area contributed by atoms with E-state index in [0.29, 0.717) is 30.4 Å². The lowest BCUT2D eigenvalue weighted by atomic mass is 10.2. The van der Waals surface area contributed by atoms with Crippen molar-refractivity contribution < 1.29 is 9.18 Å². The van der Waals surface area contributed by atoms with Crippen LogP contribution in [0.3, 0.4) is 0 Å². The van der Waals surface area contributed by atoms with Crippen molar-refractivity contribution in [1.29, 1.82) is 0 Å². The Morgan fingerprint density at radius 3 is 2.54 bits per heavy atom. The van der Waals surface area contributed by atoms with E-state index >= 15 is 0 Å². The number of nitrogens with zero attached hydrogens (tertiary/aromatic N) is 5. The van der Waals surface area contributed by atoms with E-state index in [-0.39, 0.29) is 11.7 Å². The van der Waals surface area contributed by atoms with Crippen molar-refractivity contribution in [2.24, 2.45) is 7.05 Å². The number of piperazine rings is 1. The molecule has 9 heteroatoms. The second-order valence-corrected chi connectivity index (χ2v) is 8.01. The molecule has 3 aromatic rings. The second kappa shape index (κ2) is 7.94. The third kappa shape index (κ3) is 3.78. The van der Waals surface area contributed by atoms with Crippen molar-refractivity contribution >= 4 is 29.5 Å². The van der Waals surface area contributed by atoms with Crippen molar-refractivity contribution in [3.63, 3.8) is 0 Å². The van der Waals surface area contributed by atoms with E-state index in [0.717, 1.165) is 23.5 Å². The molecule has 6 nitrogen and oxygen atoms in total. The molecule has 1 aliphatic heterocycles. The maximum absolute atomic E-state index is 13.2. The molecule has 1 amide bonds.